The van der Waals surface area contributed by atoms with Crippen LogP contribution in [0.15, 0.2) is 0 Å². The molecular formula is C14H27N. The molecule has 0 radical (unpaired) electrons. The molecule has 1 aliphatic heterocycles. The van der Waals surface area contributed by atoms with E-state index in [-0.39, 0.29) is 0 Å². The van der Waals surface area contributed by atoms with E-state index in [4.69, 9.17) is 0 Å². The highest BCUT2D eigenvalue weighted by Crippen LogP contribution is 2.36. The van der Waals surface area contributed by atoms with Crippen molar-refractivity contribution in [2.45, 2.75) is 65.3 Å². The summed E-state index contributed by atoms with van der Waals surface area (Å²) in [5.74, 6) is 1.04. The minimum absolute atomic E-state index is 0.472. The van der Waals surface area contributed by atoms with Gasteiger partial charge >= 0.3 is 0 Å². The van der Waals surface area contributed by atoms with E-state index in [1.165, 1.54) is 51.6 Å². The van der Waals surface area contributed by atoms with Gasteiger partial charge in [-0.25, -0.2) is 0 Å². The fraction of sp³-hybridized carbons (Fsp3) is 1.00. The molecule has 1 heteroatoms. The maximum Gasteiger partial charge on any atom is 0.0124 e. The van der Waals surface area contributed by atoms with Gasteiger partial charge in [-0.15, -0.1) is 0 Å². The number of piperidine rings is 1. The highest BCUT2D eigenvalue weighted by molar-refractivity contribution is 4.88. The molecule has 2 rings (SSSR count). The number of hydrogen-bond acceptors (Lipinski definition) is 1. The summed E-state index contributed by atoms with van der Waals surface area (Å²) >= 11 is 0. The molecule has 1 heterocycles. The maximum absolute atomic E-state index is 2.80. The summed E-state index contributed by atoms with van der Waals surface area (Å²) in [7, 11) is 0. The smallest absolute Gasteiger partial charge is 0.0124 e. The second-order valence-corrected chi connectivity index (χ2v) is 6.79. The average molecular weight is 209 g/mol. The molecule has 2 fully saturated rings. The minimum Gasteiger partial charge on any atom is -0.300 e. The molecule has 0 bridgehead atoms. The molecule has 0 amide bonds. The van der Waals surface area contributed by atoms with E-state index in [1.807, 2.05) is 0 Å². The van der Waals surface area contributed by atoms with E-state index < -0.39 is 0 Å². The van der Waals surface area contributed by atoms with E-state index in [0.29, 0.717) is 5.41 Å². The Labute approximate surface area is 95.2 Å². The molecule has 0 spiro atoms. The van der Waals surface area contributed by atoms with Crippen molar-refractivity contribution >= 4 is 0 Å². The first-order chi connectivity index (χ1) is 7.06. The molecule has 1 saturated heterocycles. The third-order valence-corrected chi connectivity index (χ3v) is 4.04. The van der Waals surface area contributed by atoms with Crippen LogP contribution in [-0.2, 0) is 0 Å². The van der Waals surface area contributed by atoms with E-state index >= 15 is 0 Å². The number of nitrogens with zero attached hydrogens (tertiary/aromatic N) is 1. The van der Waals surface area contributed by atoms with Crippen LogP contribution in [-0.4, -0.2) is 24.0 Å². The molecule has 0 aromatic rings. The van der Waals surface area contributed by atoms with Gasteiger partial charge in [0.1, 0.15) is 0 Å². The van der Waals surface area contributed by atoms with Gasteiger partial charge in [-0.05, 0) is 43.6 Å². The standard InChI is InChI=1S/C14H27N/c1-14(2,3)11-15-10-6-8-12-7-4-5-9-13(12)15/h12-13H,4-11H2,1-3H3/t12-,13+/m1/s1. The van der Waals surface area contributed by atoms with Crippen LogP contribution in [0.25, 0.3) is 0 Å². The van der Waals surface area contributed by atoms with Crippen LogP contribution in [0, 0.1) is 11.3 Å². The Bertz CT molecular complexity index is 202. The average Bonchev–Trinajstić information content (AvgIpc) is 2.16. The normalized spacial score (nSPS) is 33.8. The molecule has 2 atom stereocenters. The maximum atomic E-state index is 2.80. The van der Waals surface area contributed by atoms with Gasteiger partial charge in [0.25, 0.3) is 0 Å². The molecule has 0 unspecified atom stereocenters. The van der Waals surface area contributed by atoms with E-state index in [0.717, 1.165) is 12.0 Å². The lowest BCUT2D eigenvalue weighted by Gasteiger charge is -2.46. The van der Waals surface area contributed by atoms with Crippen molar-refractivity contribution in [2.24, 2.45) is 11.3 Å². The van der Waals surface area contributed by atoms with Crippen molar-refractivity contribution in [3.63, 3.8) is 0 Å². The summed E-state index contributed by atoms with van der Waals surface area (Å²) in [6.45, 7) is 9.78. The van der Waals surface area contributed by atoms with Gasteiger partial charge in [-0.1, -0.05) is 33.6 Å². The summed E-state index contributed by atoms with van der Waals surface area (Å²) < 4.78 is 0. The first kappa shape index (κ1) is 11.4. The zero-order chi connectivity index (χ0) is 10.9. The number of rotatable bonds is 1. The number of fused-ring (bicyclic) bond motifs is 1. The predicted molar refractivity (Wildman–Crippen MR) is 66.0 cm³/mol. The zero-order valence-electron chi connectivity index (χ0n) is 10.8. The van der Waals surface area contributed by atoms with Gasteiger partial charge in [0.15, 0.2) is 0 Å². The Kier molecular flexibility index (Phi) is 3.39. The van der Waals surface area contributed by atoms with E-state index in [9.17, 15) is 0 Å². The quantitative estimate of drug-likeness (QED) is 0.636. The summed E-state index contributed by atoms with van der Waals surface area (Å²) in [4.78, 5) is 2.80. The molecule has 1 aliphatic carbocycles. The van der Waals surface area contributed by atoms with Crippen molar-refractivity contribution in [3.05, 3.63) is 0 Å². The van der Waals surface area contributed by atoms with Crippen LogP contribution < -0.4 is 0 Å². The Morgan fingerprint density at radius 1 is 1.00 bits per heavy atom. The molecule has 88 valence electrons. The zero-order valence-corrected chi connectivity index (χ0v) is 10.8. The lowest BCUT2D eigenvalue weighted by atomic mass is 9.77. The lowest BCUT2D eigenvalue weighted by Crippen LogP contribution is -2.49. The Morgan fingerprint density at radius 3 is 2.40 bits per heavy atom. The van der Waals surface area contributed by atoms with Gasteiger partial charge in [0, 0.05) is 12.6 Å². The third kappa shape index (κ3) is 2.96. The summed E-state index contributed by atoms with van der Waals surface area (Å²) in [5.41, 5.74) is 0.472. The van der Waals surface area contributed by atoms with Gasteiger partial charge in [-0.2, -0.15) is 0 Å². The van der Waals surface area contributed by atoms with Crippen LogP contribution in [0.1, 0.15) is 59.3 Å². The lowest BCUT2D eigenvalue weighted by molar-refractivity contribution is 0.0360. The summed E-state index contributed by atoms with van der Waals surface area (Å²) in [6, 6.07) is 0.937. The van der Waals surface area contributed by atoms with Gasteiger partial charge in [0.2, 0.25) is 0 Å². The largest absolute Gasteiger partial charge is 0.300 e. The van der Waals surface area contributed by atoms with Crippen LogP contribution in [0.2, 0.25) is 0 Å². The molecule has 2 aliphatic rings. The molecule has 0 N–H and O–H groups in total. The fourth-order valence-electron chi connectivity index (χ4n) is 3.53. The van der Waals surface area contributed by atoms with Crippen LogP contribution >= 0.6 is 0 Å². The highest BCUT2D eigenvalue weighted by Gasteiger charge is 2.34. The van der Waals surface area contributed by atoms with Gasteiger partial charge in [-0.3, -0.25) is 4.90 Å². The molecule has 1 nitrogen and oxygen atoms in total. The first-order valence-electron chi connectivity index (χ1n) is 6.80. The van der Waals surface area contributed by atoms with Gasteiger partial charge < -0.3 is 0 Å². The Hall–Kier alpha value is -0.0400. The molecule has 15 heavy (non-hydrogen) atoms. The van der Waals surface area contributed by atoms with Gasteiger partial charge in [0.05, 0.1) is 0 Å². The van der Waals surface area contributed by atoms with Crippen molar-refractivity contribution in [3.8, 4) is 0 Å². The fourth-order valence-corrected chi connectivity index (χ4v) is 3.53. The highest BCUT2D eigenvalue weighted by atomic mass is 15.2. The van der Waals surface area contributed by atoms with Crippen molar-refractivity contribution in [1.29, 1.82) is 0 Å². The van der Waals surface area contributed by atoms with E-state index in [2.05, 4.69) is 25.7 Å². The molecule has 0 aromatic heterocycles. The van der Waals surface area contributed by atoms with Crippen molar-refractivity contribution in [1.82, 2.24) is 4.90 Å². The van der Waals surface area contributed by atoms with Crippen molar-refractivity contribution in [2.75, 3.05) is 13.1 Å². The summed E-state index contributed by atoms with van der Waals surface area (Å²) in [6.07, 6.45) is 8.89. The van der Waals surface area contributed by atoms with Crippen LogP contribution in [0.4, 0.5) is 0 Å². The van der Waals surface area contributed by atoms with Crippen LogP contribution in [0.3, 0.4) is 0 Å². The first-order valence-corrected chi connectivity index (χ1v) is 6.80. The SMILES string of the molecule is CC(C)(C)CN1CCC[C@H]2CCCC[C@@H]21. The van der Waals surface area contributed by atoms with Crippen molar-refractivity contribution < 1.29 is 0 Å². The molecule has 0 aromatic carbocycles. The third-order valence-electron chi connectivity index (χ3n) is 4.04. The van der Waals surface area contributed by atoms with E-state index in [1.54, 1.807) is 0 Å². The Morgan fingerprint density at radius 2 is 1.67 bits per heavy atom. The number of likely N-dealkylation sites (tertiary alicyclic amines) is 1. The number of hydrogen-bond donors (Lipinski definition) is 0. The predicted octanol–water partition coefficient (Wildman–Crippen LogP) is 3.69. The summed E-state index contributed by atoms with van der Waals surface area (Å²) in [5, 5.41) is 0. The topological polar surface area (TPSA) is 3.24 Å². The Balaban J connectivity index is 1.97. The second-order valence-electron chi connectivity index (χ2n) is 6.79. The minimum atomic E-state index is 0.472. The second kappa shape index (κ2) is 4.45. The van der Waals surface area contributed by atoms with Crippen LogP contribution in [0.5, 0.6) is 0 Å². The molecular weight excluding hydrogens is 182 g/mol. The molecule has 1 saturated carbocycles. The monoisotopic (exact) mass is 209 g/mol.